The molecule has 2 unspecified atom stereocenters. The molecule has 0 aliphatic carbocycles. The molecule has 4 nitrogen and oxygen atoms in total. The Hall–Kier alpha value is -0.870. The van der Waals surface area contributed by atoms with Crippen molar-refractivity contribution in [2.24, 2.45) is 4.99 Å². The van der Waals surface area contributed by atoms with Crippen LogP contribution in [0.1, 0.15) is 33.6 Å². The molecule has 1 fully saturated rings. The van der Waals surface area contributed by atoms with Gasteiger partial charge >= 0.3 is 0 Å². The van der Waals surface area contributed by atoms with Crippen LogP contribution in [0.3, 0.4) is 0 Å². The zero-order valence-electron chi connectivity index (χ0n) is 12.2. The summed E-state index contributed by atoms with van der Waals surface area (Å²) in [6.45, 7) is 8.47. The third kappa shape index (κ3) is 2.75. The number of hydrogen-bond acceptors (Lipinski definition) is 4. The molecular weight excluding hydrogens is 226 g/mol. The molecule has 0 radical (unpaired) electrons. The van der Waals surface area contributed by atoms with Crippen LogP contribution in [0.5, 0.6) is 0 Å². The summed E-state index contributed by atoms with van der Waals surface area (Å²) < 4.78 is 5.83. The second kappa shape index (κ2) is 5.41. The van der Waals surface area contributed by atoms with E-state index in [9.17, 15) is 0 Å². The van der Waals surface area contributed by atoms with Gasteiger partial charge < -0.3 is 14.5 Å². The number of nitrogens with zero attached hydrogens (tertiary/aromatic N) is 3. The average Bonchev–Trinajstić information content (AvgIpc) is 3.07. The zero-order chi connectivity index (χ0) is 13.3. The third-order valence-electron chi connectivity index (χ3n) is 3.66. The Morgan fingerprint density at radius 3 is 2.67 bits per heavy atom. The van der Waals surface area contributed by atoms with E-state index >= 15 is 0 Å². The molecule has 2 heterocycles. The van der Waals surface area contributed by atoms with E-state index in [4.69, 9.17) is 9.73 Å². The first-order valence-corrected chi connectivity index (χ1v) is 6.86. The number of allylic oxidation sites excluding steroid dienone is 1. The molecule has 0 bridgehead atoms. The van der Waals surface area contributed by atoms with Crippen molar-refractivity contribution in [1.29, 1.82) is 0 Å². The van der Waals surface area contributed by atoms with E-state index in [1.807, 2.05) is 0 Å². The van der Waals surface area contributed by atoms with Crippen molar-refractivity contribution in [2.45, 2.75) is 45.9 Å². The molecule has 2 aliphatic rings. The van der Waals surface area contributed by atoms with E-state index in [0.717, 1.165) is 31.6 Å². The third-order valence-corrected chi connectivity index (χ3v) is 3.66. The van der Waals surface area contributed by atoms with E-state index < -0.39 is 0 Å². The monoisotopic (exact) mass is 251 g/mol. The number of likely N-dealkylation sites (N-methyl/N-ethyl adjacent to an activating group) is 1. The van der Waals surface area contributed by atoms with Crippen molar-refractivity contribution < 1.29 is 4.74 Å². The van der Waals surface area contributed by atoms with E-state index in [0.29, 0.717) is 0 Å². The van der Waals surface area contributed by atoms with Crippen LogP contribution in [-0.4, -0.2) is 55.2 Å². The molecule has 0 amide bonds. The fourth-order valence-corrected chi connectivity index (χ4v) is 2.34. The van der Waals surface area contributed by atoms with Crippen LogP contribution >= 0.6 is 0 Å². The van der Waals surface area contributed by atoms with Gasteiger partial charge in [0.05, 0.1) is 0 Å². The minimum Gasteiger partial charge on any atom is -0.343 e. The largest absolute Gasteiger partial charge is 0.343 e. The maximum absolute atomic E-state index is 5.83. The van der Waals surface area contributed by atoms with Crippen molar-refractivity contribution >= 4 is 5.84 Å². The lowest BCUT2D eigenvalue weighted by Crippen LogP contribution is -2.39. The predicted molar refractivity (Wildman–Crippen MR) is 74.6 cm³/mol. The van der Waals surface area contributed by atoms with Crippen molar-refractivity contribution in [3.8, 4) is 0 Å². The highest BCUT2D eigenvalue weighted by Crippen LogP contribution is 2.36. The zero-order valence-corrected chi connectivity index (χ0v) is 12.2. The minimum absolute atomic E-state index is 0.229. The van der Waals surface area contributed by atoms with Gasteiger partial charge in [0.15, 0.2) is 6.23 Å². The van der Waals surface area contributed by atoms with Gasteiger partial charge in [-0.2, -0.15) is 0 Å². The van der Waals surface area contributed by atoms with Crippen LogP contribution < -0.4 is 0 Å². The lowest BCUT2D eigenvalue weighted by molar-refractivity contribution is 0.234. The summed E-state index contributed by atoms with van der Waals surface area (Å²) in [5, 5.41) is 0. The maximum Gasteiger partial charge on any atom is 0.162 e. The number of amidine groups is 1. The van der Waals surface area contributed by atoms with Gasteiger partial charge in [0.25, 0.3) is 0 Å². The first-order chi connectivity index (χ1) is 8.54. The van der Waals surface area contributed by atoms with E-state index in [-0.39, 0.29) is 12.3 Å². The molecule has 0 saturated carbocycles. The number of aliphatic imine (C=N–C) groups is 1. The molecule has 0 aromatic rings. The average molecular weight is 251 g/mol. The van der Waals surface area contributed by atoms with Crippen LogP contribution in [-0.2, 0) is 4.74 Å². The number of epoxide rings is 1. The molecule has 0 aromatic heterocycles. The Kier molecular flexibility index (Phi) is 4.07. The van der Waals surface area contributed by atoms with Crippen LogP contribution in [0.2, 0.25) is 0 Å². The molecule has 4 heteroatoms. The number of hydrogen-bond donors (Lipinski definition) is 0. The summed E-state index contributed by atoms with van der Waals surface area (Å²) in [7, 11) is 4.21. The van der Waals surface area contributed by atoms with E-state index in [1.165, 1.54) is 11.4 Å². The standard InChI is InChI=1S/C14H25N3O/c1-6-7-12-15-11(3)10(2)13-14(18-13)17(12)9-8-16(4)5/h13-14H,6-9H2,1-5H3. The second-order valence-corrected chi connectivity index (χ2v) is 5.49. The normalized spacial score (nSPS) is 27.2. The smallest absolute Gasteiger partial charge is 0.162 e. The molecule has 18 heavy (non-hydrogen) atoms. The molecule has 1 saturated heterocycles. The number of ether oxygens (including phenoxy) is 1. The molecule has 0 aromatic carbocycles. The quantitative estimate of drug-likeness (QED) is 0.701. The molecule has 2 rings (SSSR count). The van der Waals surface area contributed by atoms with E-state index in [1.54, 1.807) is 0 Å². The van der Waals surface area contributed by atoms with Gasteiger partial charge in [-0.25, -0.2) is 4.99 Å². The van der Waals surface area contributed by atoms with Gasteiger partial charge in [0.1, 0.15) is 11.9 Å². The van der Waals surface area contributed by atoms with Crippen LogP contribution in [0.4, 0.5) is 0 Å². The van der Waals surface area contributed by atoms with Crippen molar-refractivity contribution in [1.82, 2.24) is 9.80 Å². The van der Waals surface area contributed by atoms with Gasteiger partial charge in [-0.1, -0.05) is 6.92 Å². The molecule has 102 valence electrons. The van der Waals surface area contributed by atoms with Crippen molar-refractivity contribution in [3.63, 3.8) is 0 Å². The van der Waals surface area contributed by atoms with Gasteiger partial charge in [-0.3, -0.25) is 0 Å². The van der Waals surface area contributed by atoms with Crippen molar-refractivity contribution in [3.05, 3.63) is 11.3 Å². The van der Waals surface area contributed by atoms with Gasteiger partial charge in [-0.15, -0.1) is 0 Å². The lowest BCUT2D eigenvalue weighted by Gasteiger charge is -2.25. The van der Waals surface area contributed by atoms with Gasteiger partial charge in [0, 0.05) is 25.2 Å². The Labute approximate surface area is 110 Å². The van der Waals surface area contributed by atoms with E-state index in [2.05, 4.69) is 44.7 Å². The van der Waals surface area contributed by atoms with Gasteiger partial charge in [0.2, 0.25) is 0 Å². The summed E-state index contributed by atoms with van der Waals surface area (Å²) in [5.41, 5.74) is 2.43. The minimum atomic E-state index is 0.229. The SMILES string of the molecule is CCCC1=NC(C)=C(C)C2OC2N1CCN(C)C. The highest BCUT2D eigenvalue weighted by atomic mass is 16.6. The molecular formula is C14H25N3O. The molecule has 2 atom stereocenters. The predicted octanol–water partition coefficient (Wildman–Crippen LogP) is 2.08. The maximum atomic E-state index is 5.83. The highest BCUT2D eigenvalue weighted by Gasteiger charge is 2.47. The molecule has 2 aliphatic heterocycles. The fourth-order valence-electron chi connectivity index (χ4n) is 2.34. The summed E-state index contributed by atoms with van der Waals surface area (Å²) in [6.07, 6.45) is 2.66. The second-order valence-electron chi connectivity index (χ2n) is 5.49. The summed E-state index contributed by atoms with van der Waals surface area (Å²) >= 11 is 0. The van der Waals surface area contributed by atoms with Crippen LogP contribution in [0, 0.1) is 0 Å². The van der Waals surface area contributed by atoms with Crippen LogP contribution in [0.25, 0.3) is 0 Å². The Bertz CT molecular complexity index is 373. The first-order valence-electron chi connectivity index (χ1n) is 6.86. The van der Waals surface area contributed by atoms with Crippen LogP contribution in [0.15, 0.2) is 16.3 Å². The summed E-state index contributed by atoms with van der Waals surface area (Å²) in [5.74, 6) is 1.20. The fraction of sp³-hybridized carbons (Fsp3) is 0.786. The number of fused-ring (bicyclic) bond motifs is 1. The molecule has 0 N–H and O–H groups in total. The Balaban J connectivity index is 2.15. The summed E-state index contributed by atoms with van der Waals surface area (Å²) in [4.78, 5) is 9.37. The topological polar surface area (TPSA) is 31.4 Å². The Morgan fingerprint density at radius 2 is 2.06 bits per heavy atom. The van der Waals surface area contributed by atoms with Crippen molar-refractivity contribution in [2.75, 3.05) is 27.2 Å². The van der Waals surface area contributed by atoms with Gasteiger partial charge in [-0.05, 0) is 39.9 Å². The lowest BCUT2D eigenvalue weighted by atomic mass is 10.2. The Morgan fingerprint density at radius 1 is 1.33 bits per heavy atom. The molecule has 0 spiro atoms. The first kappa shape index (κ1) is 13.6. The number of rotatable bonds is 5. The highest BCUT2D eigenvalue weighted by molar-refractivity contribution is 5.84. The summed E-state index contributed by atoms with van der Waals surface area (Å²) in [6, 6.07) is 0.